The number of carbonyl (C=O) groups is 2. The number of benzene rings is 1. The minimum Gasteiger partial charge on any atom is -0.366 e. The Morgan fingerprint density at radius 3 is 2.54 bits per heavy atom. The van der Waals surface area contributed by atoms with Crippen molar-refractivity contribution in [2.45, 2.75) is 52.0 Å². The summed E-state index contributed by atoms with van der Waals surface area (Å²) in [5.74, 6) is -0.510. The third-order valence-corrected chi connectivity index (χ3v) is 5.32. The second-order valence-corrected chi connectivity index (χ2v) is 8.09. The van der Waals surface area contributed by atoms with E-state index in [2.05, 4.69) is 55.4 Å². The molecule has 0 radical (unpaired) electrons. The van der Waals surface area contributed by atoms with E-state index in [1.165, 1.54) is 11.3 Å². The molecule has 6 heteroatoms. The lowest BCUT2D eigenvalue weighted by molar-refractivity contribution is -0.123. The van der Waals surface area contributed by atoms with Gasteiger partial charge >= 0.3 is 0 Å². The first-order valence-corrected chi connectivity index (χ1v) is 9.43. The molecular formula is C20H25N3O2S. The van der Waals surface area contributed by atoms with Crippen LogP contribution in [-0.2, 0) is 9.59 Å². The highest BCUT2D eigenvalue weighted by Crippen LogP contribution is 2.43. The van der Waals surface area contributed by atoms with Gasteiger partial charge in [0, 0.05) is 17.8 Å². The SMILES string of the molecule is CCCN1c2ccc(C=C3C(=O)NC(=S)NC3=O)cc2C(C)CC1(C)C. The van der Waals surface area contributed by atoms with Crippen LogP contribution in [-0.4, -0.2) is 29.0 Å². The fourth-order valence-electron chi connectivity index (χ4n) is 4.02. The zero-order chi connectivity index (χ0) is 19.1. The molecule has 2 amide bonds. The van der Waals surface area contributed by atoms with Crippen LogP contribution in [0.15, 0.2) is 23.8 Å². The number of rotatable bonds is 3. The Balaban J connectivity index is 2.00. The molecule has 1 aromatic rings. The molecule has 138 valence electrons. The van der Waals surface area contributed by atoms with Gasteiger partial charge in [-0.2, -0.15) is 0 Å². The summed E-state index contributed by atoms with van der Waals surface area (Å²) in [6.45, 7) is 10.0. The molecule has 26 heavy (non-hydrogen) atoms. The van der Waals surface area contributed by atoms with Gasteiger partial charge in [-0.05, 0) is 74.2 Å². The zero-order valence-corrected chi connectivity index (χ0v) is 16.5. The molecule has 2 N–H and O–H groups in total. The van der Waals surface area contributed by atoms with Crippen LogP contribution in [0, 0.1) is 0 Å². The maximum atomic E-state index is 12.1. The van der Waals surface area contributed by atoms with Crippen LogP contribution in [0.2, 0.25) is 0 Å². The molecule has 1 saturated heterocycles. The molecule has 2 heterocycles. The molecule has 5 nitrogen and oxygen atoms in total. The lowest BCUT2D eigenvalue weighted by atomic mass is 9.79. The molecule has 0 aromatic heterocycles. The number of amides is 2. The summed E-state index contributed by atoms with van der Waals surface area (Å²) in [5, 5.41) is 4.99. The average molecular weight is 372 g/mol. The predicted octanol–water partition coefficient (Wildman–Crippen LogP) is 3.10. The van der Waals surface area contributed by atoms with Gasteiger partial charge in [0.2, 0.25) is 0 Å². The first kappa shape index (κ1) is 18.6. The molecule has 1 aromatic carbocycles. The third kappa shape index (κ3) is 3.38. The van der Waals surface area contributed by atoms with Gasteiger partial charge in [-0.1, -0.05) is 19.9 Å². The van der Waals surface area contributed by atoms with Crippen LogP contribution in [0.4, 0.5) is 5.69 Å². The van der Waals surface area contributed by atoms with E-state index in [0.717, 1.165) is 24.9 Å². The molecule has 0 aliphatic carbocycles. The number of nitrogens with one attached hydrogen (secondary N) is 2. The van der Waals surface area contributed by atoms with Gasteiger partial charge < -0.3 is 4.90 Å². The number of fused-ring (bicyclic) bond motifs is 1. The van der Waals surface area contributed by atoms with Crippen LogP contribution in [0.1, 0.15) is 57.6 Å². The van der Waals surface area contributed by atoms with E-state index in [-0.39, 0.29) is 16.2 Å². The van der Waals surface area contributed by atoms with Crippen molar-refractivity contribution in [3.05, 3.63) is 34.9 Å². The molecule has 2 aliphatic heterocycles. The summed E-state index contributed by atoms with van der Waals surface area (Å²) in [6.07, 6.45) is 3.78. The minimum absolute atomic E-state index is 0.0497. The number of hydrogen-bond donors (Lipinski definition) is 2. The smallest absolute Gasteiger partial charge is 0.263 e. The molecule has 3 rings (SSSR count). The second-order valence-electron chi connectivity index (χ2n) is 7.68. The van der Waals surface area contributed by atoms with E-state index in [9.17, 15) is 9.59 Å². The van der Waals surface area contributed by atoms with Crippen molar-refractivity contribution < 1.29 is 9.59 Å². The molecule has 1 fully saturated rings. The maximum Gasteiger partial charge on any atom is 0.263 e. The van der Waals surface area contributed by atoms with E-state index >= 15 is 0 Å². The number of nitrogens with zero attached hydrogens (tertiary/aromatic N) is 1. The minimum atomic E-state index is -0.460. The summed E-state index contributed by atoms with van der Waals surface area (Å²) >= 11 is 4.84. The van der Waals surface area contributed by atoms with E-state index < -0.39 is 11.8 Å². The Hall–Kier alpha value is -2.21. The first-order valence-electron chi connectivity index (χ1n) is 9.03. The van der Waals surface area contributed by atoms with Crippen molar-refractivity contribution in [3.63, 3.8) is 0 Å². The van der Waals surface area contributed by atoms with E-state index in [0.29, 0.717) is 5.92 Å². The number of carbonyl (C=O) groups excluding carboxylic acids is 2. The Morgan fingerprint density at radius 2 is 1.92 bits per heavy atom. The number of thiocarbonyl (C=S) groups is 1. The van der Waals surface area contributed by atoms with Crippen molar-refractivity contribution in [1.82, 2.24) is 10.6 Å². The highest BCUT2D eigenvalue weighted by molar-refractivity contribution is 7.80. The second kappa shape index (κ2) is 6.83. The largest absolute Gasteiger partial charge is 0.366 e. The van der Waals surface area contributed by atoms with Gasteiger partial charge in [0.15, 0.2) is 5.11 Å². The van der Waals surface area contributed by atoms with Gasteiger partial charge in [0.1, 0.15) is 5.57 Å². The van der Waals surface area contributed by atoms with Crippen molar-refractivity contribution >= 4 is 40.9 Å². The van der Waals surface area contributed by atoms with Gasteiger partial charge in [-0.15, -0.1) is 0 Å². The molecule has 0 spiro atoms. The average Bonchev–Trinajstić information content (AvgIpc) is 2.54. The quantitative estimate of drug-likeness (QED) is 0.487. The fourth-order valence-corrected chi connectivity index (χ4v) is 4.20. The summed E-state index contributed by atoms with van der Waals surface area (Å²) in [7, 11) is 0. The van der Waals surface area contributed by atoms with Crippen molar-refractivity contribution in [2.75, 3.05) is 11.4 Å². The Bertz CT molecular complexity index is 791. The third-order valence-electron chi connectivity index (χ3n) is 5.11. The Morgan fingerprint density at radius 1 is 1.27 bits per heavy atom. The van der Waals surface area contributed by atoms with E-state index in [1.807, 2.05) is 6.07 Å². The number of anilines is 1. The normalized spacial score (nSPS) is 21.8. The molecule has 0 bridgehead atoms. The molecule has 1 atom stereocenters. The van der Waals surface area contributed by atoms with E-state index in [4.69, 9.17) is 12.2 Å². The van der Waals surface area contributed by atoms with Crippen LogP contribution in [0.25, 0.3) is 6.08 Å². The molecule has 1 unspecified atom stereocenters. The maximum absolute atomic E-state index is 12.1. The summed E-state index contributed by atoms with van der Waals surface area (Å²) in [6, 6.07) is 6.17. The zero-order valence-electron chi connectivity index (χ0n) is 15.7. The molecular weight excluding hydrogens is 346 g/mol. The summed E-state index contributed by atoms with van der Waals surface area (Å²) in [5.41, 5.74) is 3.55. The summed E-state index contributed by atoms with van der Waals surface area (Å²) < 4.78 is 0. The monoisotopic (exact) mass is 371 g/mol. The summed E-state index contributed by atoms with van der Waals surface area (Å²) in [4.78, 5) is 26.6. The standard InChI is InChI=1S/C20H25N3O2S/c1-5-8-23-16-7-6-13(9-14(16)12(2)11-20(23,3)4)10-15-17(24)21-19(26)22-18(15)25/h6-7,9-10,12H,5,8,11H2,1-4H3,(H2,21,22,24,25,26). The van der Waals surface area contributed by atoms with Gasteiger partial charge in [-0.3, -0.25) is 20.2 Å². The number of hydrogen-bond acceptors (Lipinski definition) is 4. The van der Waals surface area contributed by atoms with Gasteiger partial charge in [0.05, 0.1) is 0 Å². The molecule has 0 saturated carbocycles. The van der Waals surface area contributed by atoms with Crippen LogP contribution in [0.5, 0.6) is 0 Å². The Labute approximate surface area is 159 Å². The topological polar surface area (TPSA) is 61.4 Å². The van der Waals surface area contributed by atoms with Crippen LogP contribution in [0.3, 0.4) is 0 Å². The van der Waals surface area contributed by atoms with E-state index in [1.54, 1.807) is 6.08 Å². The van der Waals surface area contributed by atoms with Gasteiger partial charge in [0.25, 0.3) is 11.8 Å². The lowest BCUT2D eigenvalue weighted by Gasteiger charge is -2.47. The van der Waals surface area contributed by atoms with Crippen molar-refractivity contribution in [2.24, 2.45) is 0 Å². The van der Waals surface area contributed by atoms with Crippen LogP contribution >= 0.6 is 12.2 Å². The highest BCUT2D eigenvalue weighted by atomic mass is 32.1. The highest BCUT2D eigenvalue weighted by Gasteiger charge is 2.35. The predicted molar refractivity (Wildman–Crippen MR) is 108 cm³/mol. The van der Waals surface area contributed by atoms with Crippen molar-refractivity contribution in [1.29, 1.82) is 0 Å². The Kier molecular flexibility index (Phi) is 4.88. The first-order chi connectivity index (χ1) is 12.2. The fraction of sp³-hybridized carbons (Fsp3) is 0.450. The van der Waals surface area contributed by atoms with Crippen LogP contribution < -0.4 is 15.5 Å². The van der Waals surface area contributed by atoms with Crippen molar-refractivity contribution in [3.8, 4) is 0 Å². The van der Waals surface area contributed by atoms with Gasteiger partial charge in [-0.25, -0.2) is 0 Å². The lowest BCUT2D eigenvalue weighted by Crippen LogP contribution is -2.51. The molecule has 2 aliphatic rings.